The number of carboxylic acids is 1. The highest BCUT2D eigenvalue weighted by molar-refractivity contribution is 5.80. The van der Waals surface area contributed by atoms with E-state index in [2.05, 4.69) is 11.2 Å². The summed E-state index contributed by atoms with van der Waals surface area (Å²) in [5.74, 6) is 1.14. The smallest absolute Gasteiger partial charge is 0.303 e. The predicted molar refractivity (Wildman–Crippen MR) is 97.4 cm³/mol. The number of ether oxygens (including phenoxy) is 5. The zero-order chi connectivity index (χ0) is 20.0. The lowest BCUT2D eigenvalue weighted by Crippen LogP contribution is -2.25. The van der Waals surface area contributed by atoms with Crippen molar-refractivity contribution in [2.75, 3.05) is 72.6 Å². The molecule has 0 aliphatic carbocycles. The zero-order valence-corrected chi connectivity index (χ0v) is 15.8. The summed E-state index contributed by atoms with van der Waals surface area (Å²) in [6.45, 7) is 5.12. The van der Waals surface area contributed by atoms with Crippen molar-refractivity contribution in [3.8, 4) is 12.3 Å². The Balaban J connectivity index is 3.10. The van der Waals surface area contributed by atoms with Gasteiger partial charge in [-0.25, -0.2) is 0 Å². The Morgan fingerprint density at radius 1 is 0.778 bits per heavy atom. The summed E-state index contributed by atoms with van der Waals surface area (Å²) < 4.78 is 26.4. The number of terminal acetylenes is 1. The topological polar surface area (TPSA) is 113 Å². The maximum atomic E-state index is 11.3. The lowest BCUT2D eigenvalue weighted by molar-refractivity contribution is -0.138. The summed E-state index contributed by atoms with van der Waals surface area (Å²) in [6, 6.07) is 0. The molecule has 0 fully saturated rings. The van der Waals surface area contributed by atoms with E-state index in [1.54, 1.807) is 0 Å². The van der Waals surface area contributed by atoms with E-state index in [4.69, 9.17) is 35.2 Å². The van der Waals surface area contributed by atoms with E-state index >= 15 is 0 Å². The van der Waals surface area contributed by atoms with Crippen molar-refractivity contribution in [1.29, 1.82) is 0 Å². The average molecular weight is 389 g/mol. The van der Waals surface area contributed by atoms with E-state index in [1.165, 1.54) is 0 Å². The Morgan fingerprint density at radius 3 is 1.74 bits per heavy atom. The Morgan fingerprint density at radius 2 is 1.26 bits per heavy atom. The summed E-state index contributed by atoms with van der Waals surface area (Å²) in [5.41, 5.74) is 0. The van der Waals surface area contributed by atoms with Crippen LogP contribution in [0, 0.1) is 12.3 Å². The molecule has 9 nitrogen and oxygen atoms in total. The summed E-state index contributed by atoms with van der Waals surface area (Å²) in [6.07, 6.45) is 5.54. The van der Waals surface area contributed by atoms with Crippen LogP contribution in [-0.2, 0) is 33.3 Å². The highest BCUT2D eigenvalue weighted by atomic mass is 16.6. The number of hydrogen-bond donors (Lipinski definition) is 2. The van der Waals surface area contributed by atoms with Gasteiger partial charge in [-0.1, -0.05) is 5.92 Å². The van der Waals surface area contributed by atoms with Crippen LogP contribution in [0.15, 0.2) is 0 Å². The number of aliphatic carboxylic acids is 1. The Hall–Kier alpha value is -1.70. The summed E-state index contributed by atoms with van der Waals surface area (Å²) in [5, 5.41) is 11.1. The third kappa shape index (κ3) is 22.3. The SMILES string of the molecule is C#CCOCCOCCOCCOCCOCCCNC(=O)CCC(=O)O. The molecule has 9 heteroatoms. The van der Waals surface area contributed by atoms with Crippen LogP contribution in [0.2, 0.25) is 0 Å². The van der Waals surface area contributed by atoms with Gasteiger partial charge in [0.15, 0.2) is 0 Å². The van der Waals surface area contributed by atoms with Gasteiger partial charge >= 0.3 is 5.97 Å². The molecule has 27 heavy (non-hydrogen) atoms. The normalized spacial score (nSPS) is 10.5. The van der Waals surface area contributed by atoms with Crippen molar-refractivity contribution in [1.82, 2.24) is 5.32 Å². The maximum absolute atomic E-state index is 11.3. The van der Waals surface area contributed by atoms with Crippen LogP contribution in [0.1, 0.15) is 19.3 Å². The van der Waals surface area contributed by atoms with Crippen molar-refractivity contribution < 1.29 is 38.4 Å². The van der Waals surface area contributed by atoms with Gasteiger partial charge in [0, 0.05) is 19.6 Å². The van der Waals surface area contributed by atoms with E-state index in [0.29, 0.717) is 79.0 Å². The number of hydrogen-bond acceptors (Lipinski definition) is 7. The fourth-order valence-electron chi connectivity index (χ4n) is 1.72. The van der Waals surface area contributed by atoms with E-state index in [1.807, 2.05) is 0 Å². The van der Waals surface area contributed by atoms with Gasteiger partial charge in [-0.15, -0.1) is 6.42 Å². The van der Waals surface area contributed by atoms with Gasteiger partial charge in [-0.3, -0.25) is 9.59 Å². The van der Waals surface area contributed by atoms with Gasteiger partial charge in [-0.2, -0.15) is 0 Å². The molecule has 0 atom stereocenters. The second kappa shape index (κ2) is 20.6. The van der Waals surface area contributed by atoms with Crippen LogP contribution in [0.4, 0.5) is 0 Å². The molecule has 0 saturated carbocycles. The van der Waals surface area contributed by atoms with Crippen molar-refractivity contribution in [3.05, 3.63) is 0 Å². The molecular weight excluding hydrogens is 358 g/mol. The summed E-state index contributed by atoms with van der Waals surface area (Å²) >= 11 is 0. The number of carbonyl (C=O) groups is 2. The molecule has 0 heterocycles. The summed E-state index contributed by atoms with van der Waals surface area (Å²) in [4.78, 5) is 21.6. The molecule has 0 saturated heterocycles. The first-order chi connectivity index (χ1) is 13.2. The van der Waals surface area contributed by atoms with Crippen molar-refractivity contribution in [2.24, 2.45) is 0 Å². The van der Waals surface area contributed by atoms with Gasteiger partial charge in [0.05, 0.1) is 59.3 Å². The van der Waals surface area contributed by atoms with Crippen molar-refractivity contribution in [3.63, 3.8) is 0 Å². The van der Waals surface area contributed by atoms with Gasteiger partial charge in [0.2, 0.25) is 5.91 Å². The molecule has 0 unspecified atom stereocenters. The minimum Gasteiger partial charge on any atom is -0.481 e. The molecule has 0 rings (SSSR count). The number of carbonyl (C=O) groups excluding carboxylic acids is 1. The molecule has 0 bridgehead atoms. The Kier molecular flexibility index (Phi) is 19.3. The van der Waals surface area contributed by atoms with Crippen LogP contribution >= 0.6 is 0 Å². The first-order valence-corrected chi connectivity index (χ1v) is 8.97. The molecule has 0 radical (unpaired) electrons. The van der Waals surface area contributed by atoms with Gasteiger partial charge in [0.1, 0.15) is 6.61 Å². The van der Waals surface area contributed by atoms with Gasteiger partial charge in [0.25, 0.3) is 0 Å². The van der Waals surface area contributed by atoms with Gasteiger partial charge < -0.3 is 34.1 Å². The fourth-order valence-corrected chi connectivity index (χ4v) is 1.72. The minimum absolute atomic E-state index is 0.000844. The van der Waals surface area contributed by atoms with Crippen LogP contribution in [0.3, 0.4) is 0 Å². The van der Waals surface area contributed by atoms with Crippen LogP contribution < -0.4 is 5.32 Å². The standard InChI is InChI=1S/C18H31NO8/c1-2-7-23-9-11-25-13-15-27-16-14-26-12-10-24-8-3-6-19-17(20)4-5-18(21)22/h1H,3-16H2,(H,19,20)(H,21,22). The minimum atomic E-state index is -0.977. The molecule has 156 valence electrons. The maximum Gasteiger partial charge on any atom is 0.303 e. The third-order valence-electron chi connectivity index (χ3n) is 3.03. The summed E-state index contributed by atoms with van der Waals surface area (Å²) in [7, 11) is 0. The van der Waals surface area contributed by atoms with E-state index in [-0.39, 0.29) is 18.7 Å². The molecule has 2 N–H and O–H groups in total. The first-order valence-electron chi connectivity index (χ1n) is 8.97. The second-order valence-electron chi connectivity index (χ2n) is 5.30. The Bertz CT molecular complexity index is 411. The zero-order valence-electron chi connectivity index (χ0n) is 15.8. The highest BCUT2D eigenvalue weighted by Crippen LogP contribution is 1.89. The number of carboxylic acid groups (broad SMARTS) is 1. The lowest BCUT2D eigenvalue weighted by atomic mass is 10.3. The van der Waals surface area contributed by atoms with Gasteiger partial charge in [-0.05, 0) is 6.42 Å². The molecule has 0 aliphatic rings. The van der Waals surface area contributed by atoms with Crippen LogP contribution in [-0.4, -0.2) is 89.6 Å². The Labute approximate surface area is 160 Å². The number of amides is 1. The monoisotopic (exact) mass is 389 g/mol. The molecule has 0 aliphatic heterocycles. The quantitative estimate of drug-likeness (QED) is 0.222. The first kappa shape index (κ1) is 25.3. The van der Waals surface area contributed by atoms with Crippen LogP contribution in [0.25, 0.3) is 0 Å². The number of rotatable bonds is 20. The molecule has 0 aromatic rings. The van der Waals surface area contributed by atoms with E-state index in [0.717, 1.165) is 0 Å². The van der Waals surface area contributed by atoms with E-state index < -0.39 is 5.97 Å². The van der Waals surface area contributed by atoms with E-state index in [9.17, 15) is 9.59 Å². The van der Waals surface area contributed by atoms with Crippen LogP contribution in [0.5, 0.6) is 0 Å². The third-order valence-corrected chi connectivity index (χ3v) is 3.03. The average Bonchev–Trinajstić information content (AvgIpc) is 2.65. The molecule has 0 spiro atoms. The molecule has 0 aromatic carbocycles. The molecular formula is C18H31NO8. The van der Waals surface area contributed by atoms with Crippen molar-refractivity contribution >= 4 is 11.9 Å². The largest absolute Gasteiger partial charge is 0.481 e. The highest BCUT2D eigenvalue weighted by Gasteiger charge is 2.04. The molecule has 1 amide bonds. The van der Waals surface area contributed by atoms with Crippen molar-refractivity contribution in [2.45, 2.75) is 19.3 Å². The number of nitrogens with one attached hydrogen (secondary N) is 1. The predicted octanol–water partition coefficient (Wildman–Crippen LogP) is 0.0737. The lowest BCUT2D eigenvalue weighted by Gasteiger charge is -2.08. The second-order valence-corrected chi connectivity index (χ2v) is 5.30. The fraction of sp³-hybridized carbons (Fsp3) is 0.778. The molecule has 0 aromatic heterocycles.